The Bertz CT molecular complexity index is 308. The molecule has 0 saturated heterocycles. The van der Waals surface area contributed by atoms with Gasteiger partial charge in [0.2, 0.25) is 5.89 Å². The molecule has 1 amide bonds. The second-order valence-corrected chi connectivity index (χ2v) is 3.05. The highest BCUT2D eigenvalue weighted by Gasteiger charge is 2.13. The maximum atomic E-state index is 11.2. The Balaban J connectivity index is 2.63. The van der Waals surface area contributed by atoms with Crippen molar-refractivity contribution in [2.75, 3.05) is 6.54 Å². The number of rotatable bonds is 4. The van der Waals surface area contributed by atoms with Crippen molar-refractivity contribution in [1.82, 2.24) is 15.5 Å². The summed E-state index contributed by atoms with van der Waals surface area (Å²) >= 11 is 0. The van der Waals surface area contributed by atoms with E-state index in [2.05, 4.69) is 15.5 Å². The minimum atomic E-state index is -0.327. The van der Waals surface area contributed by atoms with E-state index in [1.807, 2.05) is 13.8 Å². The van der Waals surface area contributed by atoms with E-state index in [-0.39, 0.29) is 17.8 Å². The molecular formula is C8H14N4O2. The zero-order valence-corrected chi connectivity index (χ0v) is 8.28. The number of aromatic nitrogens is 2. The SMILES string of the molecule is CCNC(=O)c1noc(CC(C)N)n1. The van der Waals surface area contributed by atoms with Crippen LogP contribution in [0.15, 0.2) is 4.52 Å². The van der Waals surface area contributed by atoms with Crippen LogP contribution in [0.4, 0.5) is 0 Å². The van der Waals surface area contributed by atoms with Crippen molar-refractivity contribution in [1.29, 1.82) is 0 Å². The Morgan fingerprint density at radius 3 is 3.00 bits per heavy atom. The van der Waals surface area contributed by atoms with Gasteiger partial charge in [-0.15, -0.1) is 0 Å². The number of nitrogens with one attached hydrogen (secondary N) is 1. The topological polar surface area (TPSA) is 94.0 Å². The molecule has 78 valence electrons. The Kier molecular flexibility index (Phi) is 3.58. The summed E-state index contributed by atoms with van der Waals surface area (Å²) in [5.41, 5.74) is 5.54. The normalized spacial score (nSPS) is 12.5. The summed E-state index contributed by atoms with van der Waals surface area (Å²) in [5, 5.41) is 6.11. The lowest BCUT2D eigenvalue weighted by Crippen LogP contribution is -2.24. The van der Waals surface area contributed by atoms with Gasteiger partial charge in [-0.25, -0.2) is 0 Å². The highest BCUT2D eigenvalue weighted by atomic mass is 16.5. The lowest BCUT2D eigenvalue weighted by atomic mass is 10.2. The van der Waals surface area contributed by atoms with E-state index >= 15 is 0 Å². The third kappa shape index (κ3) is 2.81. The molecule has 0 saturated carbocycles. The molecule has 6 nitrogen and oxygen atoms in total. The largest absolute Gasteiger partial charge is 0.349 e. The van der Waals surface area contributed by atoms with Crippen molar-refractivity contribution >= 4 is 5.91 Å². The van der Waals surface area contributed by atoms with Crippen LogP contribution in [-0.2, 0) is 6.42 Å². The van der Waals surface area contributed by atoms with E-state index in [9.17, 15) is 4.79 Å². The van der Waals surface area contributed by atoms with Gasteiger partial charge in [0.25, 0.3) is 11.7 Å². The molecule has 0 aliphatic heterocycles. The first kappa shape index (κ1) is 10.6. The number of nitrogens with two attached hydrogens (primary N) is 1. The fourth-order valence-electron chi connectivity index (χ4n) is 0.945. The van der Waals surface area contributed by atoms with E-state index in [1.165, 1.54) is 0 Å². The van der Waals surface area contributed by atoms with Crippen LogP contribution in [0.1, 0.15) is 30.4 Å². The fourth-order valence-corrected chi connectivity index (χ4v) is 0.945. The van der Waals surface area contributed by atoms with Crippen LogP contribution >= 0.6 is 0 Å². The minimum Gasteiger partial charge on any atom is -0.349 e. The van der Waals surface area contributed by atoms with Gasteiger partial charge in [0, 0.05) is 19.0 Å². The smallest absolute Gasteiger partial charge is 0.292 e. The zero-order valence-electron chi connectivity index (χ0n) is 8.28. The Labute approximate surface area is 81.9 Å². The van der Waals surface area contributed by atoms with E-state index in [0.29, 0.717) is 18.9 Å². The molecule has 0 bridgehead atoms. The predicted molar refractivity (Wildman–Crippen MR) is 49.7 cm³/mol. The average molecular weight is 198 g/mol. The monoisotopic (exact) mass is 198 g/mol. The second-order valence-electron chi connectivity index (χ2n) is 3.05. The summed E-state index contributed by atoms with van der Waals surface area (Å²) in [6.07, 6.45) is 0.479. The third-order valence-corrected chi connectivity index (χ3v) is 1.51. The van der Waals surface area contributed by atoms with Gasteiger partial charge in [-0.3, -0.25) is 4.79 Å². The lowest BCUT2D eigenvalue weighted by molar-refractivity contribution is 0.0942. The zero-order chi connectivity index (χ0) is 10.6. The van der Waals surface area contributed by atoms with E-state index < -0.39 is 0 Å². The highest BCUT2D eigenvalue weighted by molar-refractivity contribution is 5.90. The van der Waals surface area contributed by atoms with Crippen LogP contribution in [-0.4, -0.2) is 28.6 Å². The Morgan fingerprint density at radius 1 is 1.71 bits per heavy atom. The molecule has 1 aromatic heterocycles. The van der Waals surface area contributed by atoms with Crippen molar-refractivity contribution in [2.24, 2.45) is 5.73 Å². The summed E-state index contributed by atoms with van der Waals surface area (Å²) in [4.78, 5) is 15.1. The molecule has 0 aliphatic carbocycles. The van der Waals surface area contributed by atoms with Crippen molar-refractivity contribution in [3.05, 3.63) is 11.7 Å². The molecule has 3 N–H and O–H groups in total. The molecule has 1 heterocycles. The molecule has 1 rings (SSSR count). The molecule has 0 spiro atoms. The molecule has 0 fully saturated rings. The maximum Gasteiger partial charge on any atom is 0.292 e. The molecule has 1 unspecified atom stereocenters. The van der Waals surface area contributed by atoms with Gasteiger partial charge < -0.3 is 15.6 Å². The van der Waals surface area contributed by atoms with E-state index in [4.69, 9.17) is 10.3 Å². The van der Waals surface area contributed by atoms with E-state index in [0.717, 1.165) is 0 Å². The van der Waals surface area contributed by atoms with Gasteiger partial charge in [0.15, 0.2) is 0 Å². The summed E-state index contributed by atoms with van der Waals surface area (Å²) in [6.45, 7) is 4.19. The molecule has 0 radical (unpaired) electrons. The first-order chi connectivity index (χ1) is 6.63. The molecule has 0 aromatic carbocycles. The molecular weight excluding hydrogens is 184 g/mol. The quantitative estimate of drug-likeness (QED) is 0.693. The van der Waals surface area contributed by atoms with Crippen molar-refractivity contribution < 1.29 is 9.32 Å². The number of carbonyl (C=O) groups excluding carboxylic acids is 1. The molecule has 1 atom stereocenters. The number of hydrogen-bond acceptors (Lipinski definition) is 5. The van der Waals surface area contributed by atoms with Gasteiger partial charge in [-0.1, -0.05) is 5.16 Å². The van der Waals surface area contributed by atoms with Crippen LogP contribution in [0.3, 0.4) is 0 Å². The number of hydrogen-bond donors (Lipinski definition) is 2. The first-order valence-corrected chi connectivity index (χ1v) is 4.49. The maximum absolute atomic E-state index is 11.2. The van der Waals surface area contributed by atoms with Crippen molar-refractivity contribution in [2.45, 2.75) is 26.3 Å². The fraction of sp³-hybridized carbons (Fsp3) is 0.625. The average Bonchev–Trinajstić information content (AvgIpc) is 2.52. The number of amides is 1. The predicted octanol–water partition coefficient (Wildman–Crippen LogP) is -0.291. The van der Waals surface area contributed by atoms with Gasteiger partial charge in [-0.05, 0) is 13.8 Å². The van der Waals surface area contributed by atoms with Gasteiger partial charge in [-0.2, -0.15) is 4.98 Å². The minimum absolute atomic E-state index is 0.0578. The van der Waals surface area contributed by atoms with Gasteiger partial charge >= 0.3 is 0 Å². The summed E-state index contributed by atoms with van der Waals surface area (Å²) < 4.78 is 4.84. The standard InChI is InChI=1S/C8H14N4O2/c1-3-10-8(13)7-11-6(14-12-7)4-5(2)9/h5H,3-4,9H2,1-2H3,(H,10,13). The van der Waals surface area contributed by atoms with Crippen LogP contribution in [0.25, 0.3) is 0 Å². The molecule has 0 aliphatic rings. The second kappa shape index (κ2) is 4.71. The molecule has 6 heteroatoms. The summed E-state index contributed by atoms with van der Waals surface area (Å²) in [7, 11) is 0. The summed E-state index contributed by atoms with van der Waals surface area (Å²) in [6, 6.07) is -0.0578. The summed E-state index contributed by atoms with van der Waals surface area (Å²) in [5.74, 6) is 0.121. The molecule has 1 aromatic rings. The van der Waals surface area contributed by atoms with Crippen molar-refractivity contribution in [3.8, 4) is 0 Å². The van der Waals surface area contributed by atoms with Gasteiger partial charge in [0.1, 0.15) is 0 Å². The van der Waals surface area contributed by atoms with E-state index in [1.54, 1.807) is 0 Å². The van der Waals surface area contributed by atoms with Gasteiger partial charge in [0.05, 0.1) is 0 Å². The van der Waals surface area contributed by atoms with Crippen LogP contribution in [0.5, 0.6) is 0 Å². The van der Waals surface area contributed by atoms with Crippen molar-refractivity contribution in [3.63, 3.8) is 0 Å². The first-order valence-electron chi connectivity index (χ1n) is 4.49. The van der Waals surface area contributed by atoms with Crippen LogP contribution < -0.4 is 11.1 Å². The number of carbonyl (C=O) groups is 1. The lowest BCUT2D eigenvalue weighted by Gasteiger charge is -1.96. The number of nitrogens with zero attached hydrogens (tertiary/aromatic N) is 2. The van der Waals surface area contributed by atoms with Crippen LogP contribution in [0.2, 0.25) is 0 Å². The Hall–Kier alpha value is -1.43. The molecule has 14 heavy (non-hydrogen) atoms. The van der Waals surface area contributed by atoms with Crippen LogP contribution in [0, 0.1) is 0 Å². The Morgan fingerprint density at radius 2 is 2.43 bits per heavy atom. The third-order valence-electron chi connectivity index (χ3n) is 1.51. The highest BCUT2D eigenvalue weighted by Crippen LogP contribution is 1.99.